The summed E-state index contributed by atoms with van der Waals surface area (Å²) in [7, 11) is 0. The Balaban J connectivity index is 1.64. The third-order valence-electron chi connectivity index (χ3n) is 4.98. The number of carbonyl (C=O) groups is 1. The number of rotatable bonds is 3. The smallest absolute Gasteiger partial charge is 0.254 e. The van der Waals surface area contributed by atoms with Gasteiger partial charge in [-0.15, -0.1) is 0 Å². The van der Waals surface area contributed by atoms with Gasteiger partial charge in [0.25, 0.3) is 5.91 Å². The van der Waals surface area contributed by atoms with Crippen LogP contribution in [0.1, 0.15) is 40.4 Å². The fourth-order valence-electron chi connectivity index (χ4n) is 3.39. The largest absolute Gasteiger partial charge is 0.399 e. The highest BCUT2D eigenvalue weighted by atomic mass is 35.5. The Morgan fingerprint density at radius 1 is 1.20 bits per heavy atom. The van der Waals surface area contributed by atoms with Gasteiger partial charge in [0.15, 0.2) is 0 Å². The Morgan fingerprint density at radius 3 is 2.48 bits per heavy atom. The molecule has 2 aromatic carbocycles. The molecule has 1 amide bonds. The minimum absolute atomic E-state index is 0.0178. The molecule has 0 aromatic heterocycles. The van der Waals surface area contributed by atoms with Gasteiger partial charge >= 0.3 is 0 Å². The quantitative estimate of drug-likeness (QED) is 0.820. The van der Waals surface area contributed by atoms with Gasteiger partial charge in [-0.05, 0) is 61.1 Å². The van der Waals surface area contributed by atoms with E-state index in [1.165, 1.54) is 0 Å². The Hall–Kier alpha value is -2.04. The molecule has 1 atom stereocenters. The number of anilines is 1. The maximum atomic E-state index is 12.7. The molecule has 5 heteroatoms. The molecule has 0 aliphatic carbocycles. The SMILES string of the molecule is Cc1ccc(N)cc1C(=O)N1CCC(C(O)c2ccc(Cl)cc2)CC1. The van der Waals surface area contributed by atoms with Crippen LogP contribution in [-0.4, -0.2) is 29.0 Å². The first-order valence-electron chi connectivity index (χ1n) is 8.54. The Bertz CT molecular complexity index is 753. The van der Waals surface area contributed by atoms with Crippen molar-refractivity contribution >= 4 is 23.2 Å². The van der Waals surface area contributed by atoms with E-state index in [9.17, 15) is 9.90 Å². The molecule has 1 heterocycles. The van der Waals surface area contributed by atoms with Crippen LogP contribution in [-0.2, 0) is 0 Å². The number of aryl methyl sites for hydroxylation is 1. The molecule has 0 bridgehead atoms. The molecule has 1 aliphatic rings. The summed E-state index contributed by atoms with van der Waals surface area (Å²) in [5.74, 6) is 0.163. The van der Waals surface area contributed by atoms with Crippen molar-refractivity contribution in [2.45, 2.75) is 25.9 Å². The van der Waals surface area contributed by atoms with Crippen molar-refractivity contribution < 1.29 is 9.90 Å². The van der Waals surface area contributed by atoms with Crippen LogP contribution in [0.25, 0.3) is 0 Å². The van der Waals surface area contributed by atoms with E-state index in [2.05, 4.69) is 0 Å². The number of likely N-dealkylation sites (tertiary alicyclic amines) is 1. The predicted octanol–water partition coefficient (Wildman–Crippen LogP) is 3.82. The zero-order valence-corrected chi connectivity index (χ0v) is 15.0. The molecule has 0 saturated carbocycles. The van der Waals surface area contributed by atoms with Crippen LogP contribution in [0.2, 0.25) is 5.02 Å². The number of piperidine rings is 1. The van der Waals surface area contributed by atoms with Gasteiger partial charge in [0.1, 0.15) is 0 Å². The van der Waals surface area contributed by atoms with Gasteiger partial charge in [0.05, 0.1) is 6.10 Å². The summed E-state index contributed by atoms with van der Waals surface area (Å²) in [5.41, 5.74) is 8.89. The van der Waals surface area contributed by atoms with Crippen LogP contribution in [0, 0.1) is 12.8 Å². The van der Waals surface area contributed by atoms with Crippen LogP contribution >= 0.6 is 11.6 Å². The Morgan fingerprint density at radius 2 is 1.84 bits per heavy atom. The standard InChI is InChI=1S/C20H23ClN2O2/c1-13-2-7-17(22)12-18(13)20(25)23-10-8-15(9-11-23)19(24)14-3-5-16(21)6-4-14/h2-7,12,15,19,24H,8-11,22H2,1H3. The first kappa shape index (κ1) is 17.8. The minimum atomic E-state index is -0.524. The molecule has 1 aliphatic heterocycles. The summed E-state index contributed by atoms with van der Waals surface area (Å²) in [6.45, 7) is 3.20. The van der Waals surface area contributed by atoms with Crippen LogP contribution in [0.4, 0.5) is 5.69 Å². The van der Waals surface area contributed by atoms with Crippen molar-refractivity contribution in [2.24, 2.45) is 5.92 Å². The molecule has 25 heavy (non-hydrogen) atoms. The number of hydrogen-bond donors (Lipinski definition) is 2. The maximum Gasteiger partial charge on any atom is 0.254 e. The van der Waals surface area contributed by atoms with Crippen LogP contribution in [0.15, 0.2) is 42.5 Å². The number of nitrogens with two attached hydrogens (primary N) is 1. The lowest BCUT2D eigenvalue weighted by Crippen LogP contribution is -2.40. The van der Waals surface area contributed by atoms with Crippen LogP contribution in [0.3, 0.4) is 0 Å². The molecule has 0 radical (unpaired) electrons. The third-order valence-corrected chi connectivity index (χ3v) is 5.23. The van der Waals surface area contributed by atoms with Crippen LogP contribution in [0.5, 0.6) is 0 Å². The zero-order valence-electron chi connectivity index (χ0n) is 14.3. The van der Waals surface area contributed by atoms with Crippen molar-refractivity contribution in [2.75, 3.05) is 18.8 Å². The summed E-state index contributed by atoms with van der Waals surface area (Å²) in [6, 6.07) is 12.7. The number of nitrogen functional groups attached to an aromatic ring is 1. The molecular formula is C20H23ClN2O2. The number of aliphatic hydroxyl groups excluding tert-OH is 1. The number of amides is 1. The second-order valence-electron chi connectivity index (χ2n) is 6.70. The second kappa shape index (κ2) is 7.46. The fourth-order valence-corrected chi connectivity index (χ4v) is 3.52. The lowest BCUT2D eigenvalue weighted by atomic mass is 9.87. The van der Waals surface area contributed by atoms with Gasteiger partial charge in [-0.3, -0.25) is 4.79 Å². The second-order valence-corrected chi connectivity index (χ2v) is 7.14. The van der Waals surface area contributed by atoms with Crippen molar-refractivity contribution in [1.82, 2.24) is 4.90 Å². The van der Waals surface area contributed by atoms with Crippen molar-refractivity contribution in [1.29, 1.82) is 0 Å². The molecule has 132 valence electrons. The highest BCUT2D eigenvalue weighted by molar-refractivity contribution is 6.30. The Labute approximate surface area is 153 Å². The number of halogens is 1. The van der Waals surface area contributed by atoms with E-state index >= 15 is 0 Å². The predicted molar refractivity (Wildman–Crippen MR) is 101 cm³/mol. The average molecular weight is 359 g/mol. The van der Waals surface area contributed by atoms with E-state index in [0.717, 1.165) is 24.0 Å². The number of nitrogens with zero attached hydrogens (tertiary/aromatic N) is 1. The summed E-state index contributed by atoms with van der Waals surface area (Å²) >= 11 is 5.90. The van der Waals surface area contributed by atoms with Crippen LogP contribution < -0.4 is 5.73 Å². The topological polar surface area (TPSA) is 66.6 Å². The van der Waals surface area contributed by atoms with E-state index in [0.29, 0.717) is 29.4 Å². The van der Waals surface area contributed by atoms with Gasteiger partial charge in [0, 0.05) is 29.4 Å². The highest BCUT2D eigenvalue weighted by Gasteiger charge is 2.29. The van der Waals surface area contributed by atoms with Crippen molar-refractivity contribution in [3.8, 4) is 0 Å². The summed E-state index contributed by atoms with van der Waals surface area (Å²) in [5, 5.41) is 11.3. The van der Waals surface area contributed by atoms with Gasteiger partial charge in [-0.2, -0.15) is 0 Å². The molecule has 1 unspecified atom stereocenters. The van der Waals surface area contributed by atoms with E-state index in [1.807, 2.05) is 30.0 Å². The van der Waals surface area contributed by atoms with E-state index in [1.54, 1.807) is 24.3 Å². The third kappa shape index (κ3) is 3.97. The van der Waals surface area contributed by atoms with E-state index in [4.69, 9.17) is 17.3 Å². The molecule has 2 aromatic rings. The summed E-state index contributed by atoms with van der Waals surface area (Å²) < 4.78 is 0. The maximum absolute atomic E-state index is 12.7. The lowest BCUT2D eigenvalue weighted by molar-refractivity contribution is 0.0462. The summed E-state index contributed by atoms with van der Waals surface area (Å²) in [4.78, 5) is 14.6. The van der Waals surface area contributed by atoms with Gasteiger partial charge in [-0.1, -0.05) is 29.8 Å². The zero-order chi connectivity index (χ0) is 18.0. The molecule has 4 nitrogen and oxygen atoms in total. The number of carbonyl (C=O) groups excluding carboxylic acids is 1. The van der Waals surface area contributed by atoms with Gasteiger partial charge < -0.3 is 15.7 Å². The number of aliphatic hydroxyl groups is 1. The highest BCUT2D eigenvalue weighted by Crippen LogP contribution is 2.32. The Kier molecular flexibility index (Phi) is 5.30. The molecule has 3 N–H and O–H groups in total. The number of benzene rings is 2. The van der Waals surface area contributed by atoms with Crippen molar-refractivity contribution in [3.63, 3.8) is 0 Å². The minimum Gasteiger partial charge on any atom is -0.399 e. The summed E-state index contributed by atoms with van der Waals surface area (Å²) in [6.07, 6.45) is 1.02. The van der Waals surface area contributed by atoms with E-state index in [-0.39, 0.29) is 11.8 Å². The molecule has 1 saturated heterocycles. The molecule has 0 spiro atoms. The average Bonchev–Trinajstić information content (AvgIpc) is 2.63. The van der Waals surface area contributed by atoms with Crippen molar-refractivity contribution in [3.05, 3.63) is 64.2 Å². The molecular weight excluding hydrogens is 336 g/mol. The van der Waals surface area contributed by atoms with E-state index < -0.39 is 6.10 Å². The first-order chi connectivity index (χ1) is 12.0. The fraction of sp³-hybridized carbons (Fsp3) is 0.350. The van der Waals surface area contributed by atoms with Gasteiger partial charge in [0.2, 0.25) is 0 Å². The number of hydrogen-bond acceptors (Lipinski definition) is 3. The van der Waals surface area contributed by atoms with Gasteiger partial charge in [-0.25, -0.2) is 0 Å². The molecule has 1 fully saturated rings. The molecule has 3 rings (SSSR count). The lowest BCUT2D eigenvalue weighted by Gasteiger charge is -2.34. The monoisotopic (exact) mass is 358 g/mol. The first-order valence-corrected chi connectivity index (χ1v) is 8.92. The normalized spacial score (nSPS) is 16.7.